The zero-order chi connectivity index (χ0) is 26.7. The van der Waals surface area contributed by atoms with Gasteiger partial charge in [0.2, 0.25) is 0 Å². The van der Waals surface area contributed by atoms with Crippen molar-refractivity contribution in [3.05, 3.63) is 76.5 Å². The molecule has 2 atom stereocenters. The molecule has 0 radical (unpaired) electrons. The first-order chi connectivity index (χ1) is 18.2. The summed E-state index contributed by atoms with van der Waals surface area (Å²) in [4.78, 5) is 7.91. The predicted molar refractivity (Wildman–Crippen MR) is 163 cm³/mol. The van der Waals surface area contributed by atoms with Crippen molar-refractivity contribution in [2.45, 2.75) is 78.2 Å². The van der Waals surface area contributed by atoms with Crippen LogP contribution in [-0.2, 0) is 6.42 Å². The third-order valence-electron chi connectivity index (χ3n) is 9.77. The molecule has 2 fully saturated rings. The van der Waals surface area contributed by atoms with E-state index >= 15 is 0 Å². The molecule has 1 saturated carbocycles. The van der Waals surface area contributed by atoms with Gasteiger partial charge in [-0.1, -0.05) is 57.2 Å². The van der Waals surface area contributed by atoms with Gasteiger partial charge in [0, 0.05) is 36.6 Å². The number of rotatable bonds is 6. The number of likely N-dealkylation sites (N-methyl/N-ethyl adjacent to an activating group) is 1. The van der Waals surface area contributed by atoms with Crippen LogP contribution in [0.3, 0.4) is 0 Å². The lowest BCUT2D eigenvalue weighted by Crippen LogP contribution is -2.48. The fourth-order valence-electron chi connectivity index (χ4n) is 6.86. The predicted octanol–water partition coefficient (Wildman–Crippen LogP) is 8.90. The summed E-state index contributed by atoms with van der Waals surface area (Å²) in [5, 5.41) is 3.43. The van der Waals surface area contributed by atoms with Gasteiger partial charge in [0.1, 0.15) is 0 Å². The number of allylic oxidation sites excluding steroid dienone is 4. The number of likely N-dealkylation sites (tertiary alicyclic amines) is 1. The average Bonchev–Trinajstić information content (AvgIpc) is 3.74. The Morgan fingerprint density at radius 1 is 1.13 bits per heavy atom. The molecule has 0 amide bonds. The summed E-state index contributed by atoms with van der Waals surface area (Å²) in [6.07, 6.45) is 17.9. The molecule has 2 aromatic rings. The summed E-state index contributed by atoms with van der Waals surface area (Å²) in [5.41, 5.74) is 12.1. The molecule has 198 valence electrons. The lowest BCUT2D eigenvalue weighted by atomic mass is 9.70. The van der Waals surface area contributed by atoms with Crippen molar-refractivity contribution in [1.29, 1.82) is 0 Å². The van der Waals surface area contributed by atoms with Crippen molar-refractivity contribution in [2.75, 3.05) is 18.9 Å². The molecule has 38 heavy (non-hydrogen) atoms. The number of anilines is 1. The van der Waals surface area contributed by atoms with E-state index in [4.69, 9.17) is 4.99 Å². The molecule has 0 spiro atoms. The summed E-state index contributed by atoms with van der Waals surface area (Å²) in [7, 11) is 2.26. The second kappa shape index (κ2) is 9.29. The average molecular weight is 506 g/mol. The number of aliphatic imine (C=N–C) groups is 1. The van der Waals surface area contributed by atoms with Crippen LogP contribution in [0, 0.1) is 11.3 Å². The number of hydrogen-bond acceptors (Lipinski definition) is 3. The van der Waals surface area contributed by atoms with E-state index in [2.05, 4.69) is 113 Å². The lowest BCUT2D eigenvalue weighted by molar-refractivity contribution is 0.199. The molecule has 3 heteroatoms. The van der Waals surface area contributed by atoms with Gasteiger partial charge in [-0.15, -0.1) is 0 Å². The highest BCUT2D eigenvalue weighted by Gasteiger charge is 2.54. The van der Waals surface area contributed by atoms with Gasteiger partial charge in [0.15, 0.2) is 0 Å². The van der Waals surface area contributed by atoms with Gasteiger partial charge < -0.3 is 10.2 Å². The van der Waals surface area contributed by atoms with E-state index in [-0.39, 0.29) is 11.0 Å². The van der Waals surface area contributed by atoms with E-state index in [1.807, 2.05) is 0 Å². The van der Waals surface area contributed by atoms with Crippen LogP contribution in [0.15, 0.2) is 64.8 Å². The van der Waals surface area contributed by atoms with E-state index in [0.717, 1.165) is 25.8 Å². The summed E-state index contributed by atoms with van der Waals surface area (Å²) in [5.74, 6) is 1.25. The van der Waals surface area contributed by atoms with Crippen molar-refractivity contribution in [1.82, 2.24) is 4.90 Å². The minimum absolute atomic E-state index is 0.0204. The van der Waals surface area contributed by atoms with E-state index in [1.165, 1.54) is 63.3 Å². The highest BCUT2D eigenvalue weighted by molar-refractivity contribution is 5.86. The smallest absolute Gasteiger partial charge is 0.0815 e. The van der Waals surface area contributed by atoms with Gasteiger partial charge in [-0.3, -0.25) is 4.99 Å². The monoisotopic (exact) mass is 505 g/mol. The highest BCUT2D eigenvalue weighted by atomic mass is 15.2. The Balaban J connectivity index is 1.47. The number of fused-ring (bicyclic) bond motifs is 2. The molecule has 1 saturated heterocycles. The minimum atomic E-state index is -0.195. The van der Waals surface area contributed by atoms with Crippen LogP contribution in [0.25, 0.3) is 17.2 Å². The molecule has 3 nitrogen and oxygen atoms in total. The van der Waals surface area contributed by atoms with Crippen molar-refractivity contribution in [2.24, 2.45) is 16.3 Å². The molecule has 4 aliphatic rings. The number of hydrogen-bond donors (Lipinski definition) is 1. The van der Waals surface area contributed by atoms with Crippen molar-refractivity contribution in [3.63, 3.8) is 0 Å². The maximum Gasteiger partial charge on any atom is 0.0815 e. The Labute approximate surface area is 229 Å². The van der Waals surface area contributed by atoms with Crippen LogP contribution >= 0.6 is 0 Å². The van der Waals surface area contributed by atoms with Gasteiger partial charge in [0.25, 0.3) is 0 Å². The molecule has 0 bridgehead atoms. The van der Waals surface area contributed by atoms with Crippen LogP contribution in [-0.4, -0.2) is 30.2 Å². The van der Waals surface area contributed by atoms with E-state index < -0.39 is 0 Å². The van der Waals surface area contributed by atoms with Gasteiger partial charge in [-0.2, -0.15) is 0 Å². The highest BCUT2D eigenvalue weighted by Crippen LogP contribution is 2.55. The molecule has 1 aliphatic heterocycles. The first-order valence-electron chi connectivity index (χ1n) is 14.7. The SMILES string of the molecule is CCNc1ccc(-c2cc(N=CC3(C)N(C)C4=CCC(C)C=C4C3(C)C)c(C3CC3)c3c2C=CCC3)cc1. The quantitative estimate of drug-likeness (QED) is 0.397. The third kappa shape index (κ3) is 3.97. The van der Waals surface area contributed by atoms with Crippen molar-refractivity contribution in [3.8, 4) is 11.1 Å². The van der Waals surface area contributed by atoms with E-state index in [1.54, 1.807) is 0 Å². The van der Waals surface area contributed by atoms with Crippen LogP contribution in [0.2, 0.25) is 0 Å². The number of benzene rings is 2. The standard InChI is InChI=1S/C35H43N3/c1-7-36-26-17-15-24(16-18-26)29-21-31(33(25-13-14-25)28-11-9-8-10-27(28)29)37-22-35(5)34(3,4)30-20-23(2)12-19-32(30)38(35)6/h8,10,15-23,25,36H,7,9,11-14H2,1-6H3. The van der Waals surface area contributed by atoms with Crippen molar-refractivity contribution >= 4 is 23.7 Å². The summed E-state index contributed by atoms with van der Waals surface area (Å²) < 4.78 is 0. The lowest BCUT2D eigenvalue weighted by Gasteiger charge is -2.39. The van der Waals surface area contributed by atoms with Gasteiger partial charge >= 0.3 is 0 Å². The first kappa shape index (κ1) is 25.2. The van der Waals surface area contributed by atoms with E-state index in [0.29, 0.717) is 11.8 Å². The van der Waals surface area contributed by atoms with Crippen LogP contribution in [0.4, 0.5) is 11.4 Å². The molecular weight excluding hydrogens is 462 g/mol. The first-order valence-corrected chi connectivity index (χ1v) is 14.7. The molecule has 1 heterocycles. The molecule has 2 aromatic carbocycles. The topological polar surface area (TPSA) is 27.6 Å². The largest absolute Gasteiger partial charge is 0.385 e. The molecule has 1 N–H and O–H groups in total. The maximum absolute atomic E-state index is 5.43. The Morgan fingerprint density at radius 2 is 1.89 bits per heavy atom. The zero-order valence-corrected chi connectivity index (χ0v) is 24.1. The summed E-state index contributed by atoms with van der Waals surface area (Å²) >= 11 is 0. The van der Waals surface area contributed by atoms with Gasteiger partial charge in [-0.05, 0) is 109 Å². The third-order valence-corrected chi connectivity index (χ3v) is 9.77. The molecule has 6 rings (SSSR count). The normalized spacial score (nSPS) is 25.7. The maximum atomic E-state index is 5.43. The van der Waals surface area contributed by atoms with Gasteiger partial charge in [0.05, 0.1) is 11.2 Å². The second-order valence-corrected chi connectivity index (χ2v) is 12.5. The Morgan fingerprint density at radius 3 is 2.61 bits per heavy atom. The molecule has 2 unspecified atom stereocenters. The fraction of sp³-hybridized carbons (Fsp3) is 0.457. The van der Waals surface area contributed by atoms with E-state index in [9.17, 15) is 0 Å². The molecule has 3 aliphatic carbocycles. The zero-order valence-electron chi connectivity index (χ0n) is 24.1. The summed E-state index contributed by atoms with van der Waals surface area (Å²) in [6.45, 7) is 12.6. The Bertz CT molecular complexity index is 1370. The fourth-order valence-corrected chi connectivity index (χ4v) is 6.86. The van der Waals surface area contributed by atoms with Crippen LogP contribution in [0.5, 0.6) is 0 Å². The van der Waals surface area contributed by atoms with Crippen LogP contribution in [0.1, 0.15) is 82.9 Å². The van der Waals surface area contributed by atoms with Crippen molar-refractivity contribution < 1.29 is 0 Å². The Kier molecular flexibility index (Phi) is 6.17. The number of nitrogens with one attached hydrogen (secondary N) is 1. The second-order valence-electron chi connectivity index (χ2n) is 12.5. The van der Waals surface area contributed by atoms with Crippen LogP contribution < -0.4 is 5.32 Å². The molecule has 0 aromatic heterocycles. The summed E-state index contributed by atoms with van der Waals surface area (Å²) in [6, 6.07) is 11.3. The number of nitrogens with zero attached hydrogens (tertiary/aromatic N) is 2. The minimum Gasteiger partial charge on any atom is -0.385 e. The molecular formula is C35H43N3. The Hall–Kier alpha value is -3.07. The van der Waals surface area contributed by atoms with Gasteiger partial charge in [-0.25, -0.2) is 0 Å².